The fourth-order valence-corrected chi connectivity index (χ4v) is 2.95. The molecule has 1 aliphatic rings. The molecule has 1 aliphatic heterocycles. The molecule has 2 rings (SSSR count). The Labute approximate surface area is 112 Å². The van der Waals surface area contributed by atoms with Gasteiger partial charge in [0.15, 0.2) is 0 Å². The molecule has 1 N–H and O–H groups in total. The topological polar surface area (TPSA) is 101 Å². The van der Waals surface area contributed by atoms with Crippen LogP contribution in [0.4, 0.5) is 5.00 Å². The van der Waals surface area contributed by atoms with Gasteiger partial charge < -0.3 is 10.0 Å². The highest BCUT2D eigenvalue weighted by atomic mass is 32.1. The average Bonchev–Trinajstić information content (AvgIpc) is 2.94. The van der Waals surface area contributed by atoms with E-state index in [0.717, 1.165) is 11.3 Å². The molecule has 8 heteroatoms. The van der Waals surface area contributed by atoms with Gasteiger partial charge in [0.1, 0.15) is 0 Å². The summed E-state index contributed by atoms with van der Waals surface area (Å²) in [5, 5.41) is 20.9. The minimum atomic E-state index is -0.918. The van der Waals surface area contributed by atoms with E-state index in [-0.39, 0.29) is 16.5 Å². The summed E-state index contributed by atoms with van der Waals surface area (Å²) in [6, 6.07) is 0.831. The van der Waals surface area contributed by atoms with Gasteiger partial charge >= 0.3 is 11.0 Å². The molecular weight excluding hydrogens is 272 g/mol. The molecule has 102 valence electrons. The number of carboxylic acid groups (broad SMARTS) is 1. The lowest BCUT2D eigenvalue weighted by atomic mass is 10.0. The quantitative estimate of drug-likeness (QED) is 0.671. The molecule has 2 unspecified atom stereocenters. The number of nitrogens with zero attached hydrogens (tertiary/aromatic N) is 2. The third-order valence-electron chi connectivity index (χ3n) is 3.35. The van der Waals surface area contributed by atoms with Gasteiger partial charge in [0.2, 0.25) is 0 Å². The summed E-state index contributed by atoms with van der Waals surface area (Å²) < 4.78 is 0. The molecule has 0 aromatic carbocycles. The molecule has 7 nitrogen and oxygen atoms in total. The Bertz CT molecular complexity index is 541. The maximum Gasteiger partial charge on any atom is 0.324 e. The first-order valence-electron chi connectivity index (χ1n) is 5.68. The molecule has 1 aromatic heterocycles. The van der Waals surface area contributed by atoms with Gasteiger partial charge in [0.05, 0.1) is 16.4 Å². The van der Waals surface area contributed by atoms with Gasteiger partial charge in [0.25, 0.3) is 5.91 Å². The van der Waals surface area contributed by atoms with Crippen molar-refractivity contribution in [2.45, 2.75) is 19.4 Å². The third kappa shape index (κ3) is 2.43. The lowest BCUT2D eigenvalue weighted by Crippen LogP contribution is -2.37. The second kappa shape index (κ2) is 4.96. The second-order valence-electron chi connectivity index (χ2n) is 4.40. The molecule has 0 bridgehead atoms. The number of aliphatic carboxylic acids is 1. The normalized spacial score (nSPS) is 22.5. The Kier molecular flexibility index (Phi) is 3.52. The van der Waals surface area contributed by atoms with Crippen molar-refractivity contribution < 1.29 is 19.6 Å². The predicted octanol–water partition coefficient (Wildman–Crippen LogP) is 1.59. The number of carbonyl (C=O) groups is 2. The monoisotopic (exact) mass is 284 g/mol. The molecule has 1 amide bonds. The van der Waals surface area contributed by atoms with Crippen LogP contribution in [0, 0.1) is 16.0 Å². The Morgan fingerprint density at radius 2 is 2.26 bits per heavy atom. The Morgan fingerprint density at radius 3 is 2.74 bits per heavy atom. The zero-order valence-corrected chi connectivity index (χ0v) is 10.9. The first kappa shape index (κ1) is 13.5. The molecule has 1 saturated heterocycles. The van der Waals surface area contributed by atoms with Gasteiger partial charge in [-0.05, 0) is 13.3 Å². The van der Waals surface area contributed by atoms with E-state index in [0.29, 0.717) is 13.0 Å². The lowest BCUT2D eigenvalue weighted by Gasteiger charge is -2.22. The van der Waals surface area contributed by atoms with Gasteiger partial charge in [-0.3, -0.25) is 19.7 Å². The maximum absolute atomic E-state index is 12.2. The van der Waals surface area contributed by atoms with Gasteiger partial charge in [-0.25, -0.2) is 0 Å². The van der Waals surface area contributed by atoms with Crippen molar-refractivity contribution in [3.8, 4) is 0 Å². The van der Waals surface area contributed by atoms with Crippen LogP contribution in [0.2, 0.25) is 0 Å². The van der Waals surface area contributed by atoms with Crippen LogP contribution in [0.1, 0.15) is 23.7 Å². The summed E-state index contributed by atoms with van der Waals surface area (Å²) in [5.41, 5.74) is 0.245. The standard InChI is InChI=1S/C11H12N2O5S/c1-6-8(11(15)16)2-3-12(6)10(14)7-4-9(13(17)18)19-5-7/h4-6,8H,2-3H2,1H3,(H,15,16). The third-order valence-corrected chi connectivity index (χ3v) is 4.23. The van der Waals surface area contributed by atoms with Crippen LogP contribution < -0.4 is 0 Å². The minimum Gasteiger partial charge on any atom is -0.481 e. The summed E-state index contributed by atoms with van der Waals surface area (Å²) >= 11 is 0.890. The molecule has 2 atom stereocenters. The summed E-state index contributed by atoms with van der Waals surface area (Å²) in [6.07, 6.45) is 0.411. The fourth-order valence-electron chi connectivity index (χ4n) is 2.26. The van der Waals surface area contributed by atoms with Crippen LogP contribution in [0.3, 0.4) is 0 Å². The highest BCUT2D eigenvalue weighted by Crippen LogP contribution is 2.29. The van der Waals surface area contributed by atoms with E-state index in [4.69, 9.17) is 5.11 Å². The molecular formula is C11H12N2O5S. The SMILES string of the molecule is CC1C(C(=O)O)CCN1C(=O)c1csc([N+](=O)[O-])c1. The van der Waals surface area contributed by atoms with Crippen LogP contribution in [0.15, 0.2) is 11.4 Å². The van der Waals surface area contributed by atoms with Crippen LogP contribution >= 0.6 is 11.3 Å². The first-order valence-corrected chi connectivity index (χ1v) is 6.56. The molecule has 1 aromatic rings. The van der Waals surface area contributed by atoms with Crippen molar-refractivity contribution in [1.29, 1.82) is 0 Å². The zero-order valence-electron chi connectivity index (χ0n) is 10.1. The van der Waals surface area contributed by atoms with Crippen molar-refractivity contribution in [3.05, 3.63) is 27.1 Å². The van der Waals surface area contributed by atoms with E-state index in [9.17, 15) is 19.7 Å². The Balaban J connectivity index is 2.16. The smallest absolute Gasteiger partial charge is 0.324 e. The summed E-state index contributed by atoms with van der Waals surface area (Å²) in [5.74, 6) is -1.84. The van der Waals surface area contributed by atoms with Crippen LogP contribution in [0.25, 0.3) is 0 Å². The van der Waals surface area contributed by atoms with Crippen molar-refractivity contribution in [2.24, 2.45) is 5.92 Å². The van der Waals surface area contributed by atoms with Crippen molar-refractivity contribution >= 4 is 28.2 Å². The van der Waals surface area contributed by atoms with E-state index in [1.807, 2.05) is 0 Å². The molecule has 19 heavy (non-hydrogen) atoms. The fraction of sp³-hybridized carbons (Fsp3) is 0.455. The van der Waals surface area contributed by atoms with Crippen molar-refractivity contribution in [1.82, 2.24) is 4.90 Å². The Morgan fingerprint density at radius 1 is 1.58 bits per heavy atom. The van der Waals surface area contributed by atoms with Crippen LogP contribution in [0.5, 0.6) is 0 Å². The molecule has 2 heterocycles. The molecule has 0 spiro atoms. The van der Waals surface area contributed by atoms with Gasteiger partial charge in [-0.1, -0.05) is 11.3 Å². The van der Waals surface area contributed by atoms with Crippen LogP contribution in [-0.2, 0) is 4.79 Å². The Hall–Kier alpha value is -1.96. The summed E-state index contributed by atoms with van der Waals surface area (Å²) in [4.78, 5) is 34.7. The largest absolute Gasteiger partial charge is 0.481 e. The molecule has 0 saturated carbocycles. The zero-order chi connectivity index (χ0) is 14.2. The molecule has 0 radical (unpaired) electrons. The number of amides is 1. The van der Waals surface area contributed by atoms with E-state index in [1.165, 1.54) is 16.3 Å². The number of nitro groups is 1. The van der Waals surface area contributed by atoms with Crippen molar-refractivity contribution in [2.75, 3.05) is 6.54 Å². The van der Waals surface area contributed by atoms with E-state index < -0.39 is 22.9 Å². The second-order valence-corrected chi connectivity index (χ2v) is 5.29. The summed E-state index contributed by atoms with van der Waals surface area (Å²) in [7, 11) is 0. The van der Waals surface area contributed by atoms with Gasteiger partial charge in [-0.15, -0.1) is 0 Å². The molecule has 1 fully saturated rings. The maximum atomic E-state index is 12.2. The number of carbonyl (C=O) groups excluding carboxylic acids is 1. The number of hydrogen-bond acceptors (Lipinski definition) is 5. The van der Waals surface area contributed by atoms with Crippen LogP contribution in [-0.4, -0.2) is 39.4 Å². The molecule has 0 aliphatic carbocycles. The van der Waals surface area contributed by atoms with Gasteiger partial charge in [-0.2, -0.15) is 0 Å². The van der Waals surface area contributed by atoms with E-state index >= 15 is 0 Å². The van der Waals surface area contributed by atoms with E-state index in [2.05, 4.69) is 0 Å². The number of thiophene rings is 1. The van der Waals surface area contributed by atoms with E-state index in [1.54, 1.807) is 6.92 Å². The summed E-state index contributed by atoms with van der Waals surface area (Å²) in [6.45, 7) is 2.05. The van der Waals surface area contributed by atoms with Crippen molar-refractivity contribution in [3.63, 3.8) is 0 Å². The van der Waals surface area contributed by atoms with Gasteiger partial charge in [0, 0.05) is 24.0 Å². The number of likely N-dealkylation sites (tertiary alicyclic amines) is 1. The lowest BCUT2D eigenvalue weighted by molar-refractivity contribution is -0.380. The number of hydrogen-bond donors (Lipinski definition) is 1. The minimum absolute atomic E-state index is 0.0926. The highest BCUT2D eigenvalue weighted by Gasteiger charge is 2.38. The first-order chi connectivity index (χ1) is 8.91. The number of rotatable bonds is 3. The highest BCUT2D eigenvalue weighted by molar-refractivity contribution is 7.13. The predicted molar refractivity (Wildman–Crippen MR) is 67.2 cm³/mol. The average molecular weight is 284 g/mol. The number of carboxylic acids is 1.